The number of rotatable bonds is 12. The summed E-state index contributed by atoms with van der Waals surface area (Å²) in [6.45, 7) is 1.38. The van der Waals surface area contributed by atoms with Gasteiger partial charge < -0.3 is 19.8 Å². The smallest absolute Gasteiger partial charge is 0.243 e. The standard InChI is InChI=1S/C30H27ClFN5O4/c31-25-15-22(8-11-28(25)40-17-19-3-6-21(32)7-4-19)36-30-24-14-20(5-10-26(24)34-18-35-30)27-12-9-23(41-27)16-33-13-1-2-29(38)37-39/h3-12,14-15,18,33,39H,1-2,13,16-17H2,(H,37,38)(H,34,35,36). The van der Waals surface area contributed by atoms with Gasteiger partial charge in [0.25, 0.3) is 0 Å². The van der Waals surface area contributed by atoms with E-state index in [1.807, 2.05) is 36.4 Å². The maximum absolute atomic E-state index is 13.1. The third-order valence-corrected chi connectivity index (χ3v) is 6.56. The summed E-state index contributed by atoms with van der Waals surface area (Å²) >= 11 is 6.48. The van der Waals surface area contributed by atoms with Gasteiger partial charge in [-0.1, -0.05) is 23.7 Å². The third kappa shape index (κ3) is 7.37. The molecule has 1 amide bonds. The van der Waals surface area contributed by atoms with Gasteiger partial charge in [0.15, 0.2) is 0 Å². The monoisotopic (exact) mass is 575 g/mol. The fourth-order valence-corrected chi connectivity index (χ4v) is 4.39. The molecular weight excluding hydrogens is 549 g/mol. The Bertz CT molecular complexity index is 1640. The predicted molar refractivity (Wildman–Crippen MR) is 154 cm³/mol. The number of benzene rings is 3. The molecule has 0 aliphatic heterocycles. The Labute approximate surface area is 240 Å². The van der Waals surface area contributed by atoms with Crippen LogP contribution in [0.5, 0.6) is 5.75 Å². The molecule has 4 N–H and O–H groups in total. The summed E-state index contributed by atoms with van der Waals surface area (Å²) in [5, 5.41) is 16.3. The van der Waals surface area contributed by atoms with Gasteiger partial charge in [0.05, 0.1) is 17.1 Å². The van der Waals surface area contributed by atoms with Crippen molar-refractivity contribution in [3.05, 3.63) is 101 Å². The van der Waals surface area contributed by atoms with Crippen LogP contribution in [-0.4, -0.2) is 27.6 Å². The Kier molecular flexibility index (Phi) is 9.05. The number of aromatic nitrogens is 2. The second kappa shape index (κ2) is 13.2. The molecule has 2 aromatic heterocycles. The molecule has 9 nitrogen and oxygen atoms in total. The summed E-state index contributed by atoms with van der Waals surface area (Å²) in [6, 6.07) is 21.1. The zero-order valence-electron chi connectivity index (χ0n) is 21.9. The molecule has 0 spiro atoms. The molecule has 0 unspecified atom stereocenters. The molecule has 2 heterocycles. The van der Waals surface area contributed by atoms with Crippen LogP contribution in [0.25, 0.3) is 22.2 Å². The van der Waals surface area contributed by atoms with Crippen LogP contribution in [0.15, 0.2) is 83.5 Å². The second-order valence-electron chi connectivity index (χ2n) is 9.22. The summed E-state index contributed by atoms with van der Waals surface area (Å²) in [4.78, 5) is 19.9. The minimum atomic E-state index is -0.408. The van der Waals surface area contributed by atoms with E-state index in [4.69, 9.17) is 26.0 Å². The van der Waals surface area contributed by atoms with E-state index < -0.39 is 5.91 Å². The minimum absolute atomic E-state index is 0.240. The Balaban J connectivity index is 1.25. The molecule has 0 saturated heterocycles. The summed E-state index contributed by atoms with van der Waals surface area (Å²) in [5.41, 5.74) is 4.80. The van der Waals surface area contributed by atoms with Gasteiger partial charge >= 0.3 is 0 Å². The van der Waals surface area contributed by atoms with Crippen LogP contribution in [0.3, 0.4) is 0 Å². The largest absolute Gasteiger partial charge is 0.487 e. The first-order valence-electron chi connectivity index (χ1n) is 12.9. The zero-order valence-corrected chi connectivity index (χ0v) is 22.6. The zero-order chi connectivity index (χ0) is 28.6. The quantitative estimate of drug-likeness (QED) is 0.0768. The van der Waals surface area contributed by atoms with Gasteiger partial charge in [-0.05, 0) is 79.2 Å². The Morgan fingerprint density at radius 3 is 2.68 bits per heavy atom. The number of carbonyl (C=O) groups is 1. The topological polar surface area (TPSA) is 122 Å². The van der Waals surface area contributed by atoms with Gasteiger partial charge in [0.1, 0.15) is 41.8 Å². The molecule has 0 saturated carbocycles. The lowest BCUT2D eigenvalue weighted by Crippen LogP contribution is -2.21. The fourth-order valence-electron chi connectivity index (χ4n) is 4.15. The normalized spacial score (nSPS) is 11.0. The van der Waals surface area contributed by atoms with Gasteiger partial charge in [-0.15, -0.1) is 0 Å². The van der Waals surface area contributed by atoms with E-state index in [9.17, 15) is 9.18 Å². The number of halogens is 2. The van der Waals surface area contributed by atoms with Crippen molar-refractivity contribution in [1.29, 1.82) is 0 Å². The molecular formula is C30H27ClFN5O4. The van der Waals surface area contributed by atoms with E-state index in [2.05, 4.69) is 20.6 Å². The van der Waals surface area contributed by atoms with Crippen LogP contribution >= 0.6 is 11.6 Å². The number of hydrogen-bond acceptors (Lipinski definition) is 8. The van der Waals surface area contributed by atoms with Crippen LogP contribution in [0, 0.1) is 5.82 Å². The molecule has 11 heteroatoms. The molecule has 0 atom stereocenters. The summed E-state index contributed by atoms with van der Waals surface area (Å²) in [7, 11) is 0. The highest BCUT2D eigenvalue weighted by atomic mass is 35.5. The Morgan fingerprint density at radius 2 is 1.88 bits per heavy atom. The Hall–Kier alpha value is -4.51. The number of ether oxygens (including phenoxy) is 1. The number of amides is 1. The van der Waals surface area contributed by atoms with E-state index in [1.54, 1.807) is 29.7 Å². The second-order valence-corrected chi connectivity index (χ2v) is 9.63. The predicted octanol–water partition coefficient (Wildman–Crippen LogP) is 6.38. The average Bonchev–Trinajstić information content (AvgIpc) is 3.46. The van der Waals surface area contributed by atoms with Crippen molar-refractivity contribution in [2.75, 3.05) is 11.9 Å². The number of carbonyl (C=O) groups excluding carboxylic acids is 1. The van der Waals surface area contributed by atoms with Crippen molar-refractivity contribution in [2.45, 2.75) is 26.0 Å². The van der Waals surface area contributed by atoms with Crippen molar-refractivity contribution in [3.8, 4) is 17.1 Å². The van der Waals surface area contributed by atoms with Crippen molar-refractivity contribution < 1.29 is 23.5 Å². The van der Waals surface area contributed by atoms with Crippen molar-refractivity contribution in [2.24, 2.45) is 0 Å². The van der Waals surface area contributed by atoms with Gasteiger partial charge in [-0.25, -0.2) is 19.8 Å². The van der Waals surface area contributed by atoms with E-state index in [0.29, 0.717) is 41.9 Å². The van der Waals surface area contributed by atoms with Crippen LogP contribution in [-0.2, 0) is 17.9 Å². The lowest BCUT2D eigenvalue weighted by atomic mass is 10.1. The van der Waals surface area contributed by atoms with Crippen molar-refractivity contribution in [3.63, 3.8) is 0 Å². The van der Waals surface area contributed by atoms with Gasteiger partial charge in [-0.3, -0.25) is 10.0 Å². The molecule has 5 aromatic rings. The van der Waals surface area contributed by atoms with Gasteiger partial charge in [0, 0.05) is 23.1 Å². The lowest BCUT2D eigenvalue weighted by molar-refractivity contribution is -0.129. The average molecular weight is 576 g/mol. The van der Waals surface area contributed by atoms with Crippen molar-refractivity contribution >= 4 is 39.9 Å². The van der Waals surface area contributed by atoms with E-state index in [-0.39, 0.29) is 18.8 Å². The Morgan fingerprint density at radius 1 is 1.02 bits per heavy atom. The highest BCUT2D eigenvalue weighted by molar-refractivity contribution is 6.32. The molecule has 0 aliphatic rings. The summed E-state index contributed by atoms with van der Waals surface area (Å²) < 4.78 is 25.0. The lowest BCUT2D eigenvalue weighted by Gasteiger charge is -2.12. The molecule has 41 heavy (non-hydrogen) atoms. The summed E-state index contributed by atoms with van der Waals surface area (Å²) in [6.07, 6.45) is 2.33. The van der Waals surface area contributed by atoms with Crippen LogP contribution < -0.4 is 20.9 Å². The van der Waals surface area contributed by atoms with Gasteiger partial charge in [-0.2, -0.15) is 0 Å². The number of fused-ring (bicyclic) bond motifs is 1. The number of hydrogen-bond donors (Lipinski definition) is 4. The first kappa shape index (κ1) is 28.0. The number of nitrogens with one attached hydrogen (secondary N) is 3. The summed E-state index contributed by atoms with van der Waals surface area (Å²) in [5.74, 6) is 1.86. The highest BCUT2D eigenvalue weighted by Crippen LogP contribution is 2.32. The molecule has 3 aromatic carbocycles. The molecule has 0 radical (unpaired) electrons. The first-order chi connectivity index (χ1) is 20.0. The number of nitrogens with zero attached hydrogens (tertiary/aromatic N) is 2. The first-order valence-corrected chi connectivity index (χ1v) is 13.3. The molecule has 0 fully saturated rings. The van der Waals surface area contributed by atoms with E-state index >= 15 is 0 Å². The fraction of sp³-hybridized carbons (Fsp3) is 0.167. The van der Waals surface area contributed by atoms with Crippen LogP contribution in [0.4, 0.5) is 15.9 Å². The maximum Gasteiger partial charge on any atom is 0.243 e. The third-order valence-electron chi connectivity index (χ3n) is 6.27. The number of anilines is 2. The molecule has 210 valence electrons. The molecule has 0 aliphatic carbocycles. The maximum atomic E-state index is 13.1. The molecule has 5 rings (SSSR count). The SMILES string of the molecule is O=C(CCCNCc1ccc(-c2ccc3ncnc(Nc4ccc(OCc5ccc(F)cc5)c(Cl)c4)c3c2)o1)NO. The number of furan rings is 1. The van der Waals surface area contributed by atoms with Crippen LogP contribution in [0.2, 0.25) is 5.02 Å². The number of hydroxylamine groups is 1. The highest BCUT2D eigenvalue weighted by Gasteiger charge is 2.11. The van der Waals surface area contributed by atoms with Gasteiger partial charge in [0.2, 0.25) is 5.91 Å². The molecule has 0 bridgehead atoms. The van der Waals surface area contributed by atoms with E-state index in [1.165, 1.54) is 18.5 Å². The van der Waals surface area contributed by atoms with Crippen LogP contribution in [0.1, 0.15) is 24.2 Å². The minimum Gasteiger partial charge on any atom is -0.487 e. The van der Waals surface area contributed by atoms with Crippen molar-refractivity contribution in [1.82, 2.24) is 20.8 Å². The van der Waals surface area contributed by atoms with E-state index in [0.717, 1.165) is 33.5 Å².